The molecular formula is C35H46O14. The van der Waals surface area contributed by atoms with Gasteiger partial charge in [0, 0.05) is 34.1 Å². The Labute approximate surface area is 285 Å². The van der Waals surface area contributed by atoms with Gasteiger partial charge in [-0.05, 0) is 39.3 Å². The molecule has 270 valence electrons. The Balaban J connectivity index is 2.18. The molecule has 1 unspecified atom stereocenters. The van der Waals surface area contributed by atoms with E-state index in [-0.39, 0.29) is 5.56 Å². The number of carbonyl (C=O) groups excluding carboxylic acids is 6. The maximum atomic E-state index is 14.0. The molecule has 0 amide bonds. The smallest absolute Gasteiger partial charge is 0.338 e. The van der Waals surface area contributed by atoms with Crippen LogP contribution in [0.1, 0.15) is 85.5 Å². The number of hydrogen-bond acceptors (Lipinski definition) is 14. The molecule has 1 saturated heterocycles. The average molecular weight is 691 g/mol. The number of carbonyl (C=O) groups is 6. The topological polar surface area (TPSA) is 187 Å². The number of fused-ring (bicyclic) bond motifs is 1. The molecule has 1 spiro atoms. The molecule has 1 N–H and O–H groups in total. The molecule has 2 saturated carbocycles. The Morgan fingerprint density at radius 1 is 0.816 bits per heavy atom. The molecule has 14 heteroatoms. The zero-order chi connectivity index (χ0) is 36.7. The van der Waals surface area contributed by atoms with Crippen LogP contribution in [0.15, 0.2) is 30.3 Å². The van der Waals surface area contributed by atoms with Crippen LogP contribution < -0.4 is 0 Å². The van der Waals surface area contributed by atoms with E-state index in [1.807, 2.05) is 0 Å². The standard InChI is InChI=1S/C35H46O14/c1-10-18(2)30(40)43-17-34-27(46-21(5)38)24(44-19(3)36)16-33(9,42)35(34)28(47-22(6)39)25(32(7,8)49-35)26(45-20(4)37)29(34)48-31(41)23-14-12-11-13-15-23/h11-15,18,24-29,42H,10,16-17H2,1-9H3/t18?,24-,25+,26-,27-,28+,29+,33-,34-,35-/m0/s1. The van der Waals surface area contributed by atoms with E-state index in [0.29, 0.717) is 6.42 Å². The van der Waals surface area contributed by atoms with Crippen molar-refractivity contribution in [3.63, 3.8) is 0 Å². The third-order valence-corrected chi connectivity index (χ3v) is 9.97. The van der Waals surface area contributed by atoms with Gasteiger partial charge in [0.15, 0.2) is 17.8 Å². The summed E-state index contributed by atoms with van der Waals surface area (Å²) in [7, 11) is 0. The van der Waals surface area contributed by atoms with Crippen LogP contribution in [-0.2, 0) is 57.1 Å². The highest BCUT2D eigenvalue weighted by Crippen LogP contribution is 2.69. The summed E-state index contributed by atoms with van der Waals surface area (Å²) in [4.78, 5) is 78.7. The highest BCUT2D eigenvalue weighted by atomic mass is 16.7. The summed E-state index contributed by atoms with van der Waals surface area (Å²) in [5.41, 5.74) is -7.97. The molecule has 10 atom stereocenters. The summed E-state index contributed by atoms with van der Waals surface area (Å²) in [5, 5.41) is 12.7. The Bertz CT molecular complexity index is 1470. The van der Waals surface area contributed by atoms with Gasteiger partial charge in [0.1, 0.15) is 30.3 Å². The zero-order valence-electron chi connectivity index (χ0n) is 29.3. The molecule has 2 bridgehead atoms. The molecule has 3 fully saturated rings. The Morgan fingerprint density at radius 3 is 1.90 bits per heavy atom. The molecule has 0 radical (unpaired) electrons. The minimum atomic E-state index is -2.27. The summed E-state index contributed by atoms with van der Waals surface area (Å²) in [6, 6.07) is 7.85. The van der Waals surface area contributed by atoms with Gasteiger partial charge in [0.25, 0.3) is 0 Å². The van der Waals surface area contributed by atoms with E-state index in [0.717, 1.165) is 27.7 Å². The van der Waals surface area contributed by atoms with Gasteiger partial charge < -0.3 is 38.3 Å². The lowest BCUT2D eigenvalue weighted by atomic mass is 9.45. The molecule has 1 aromatic rings. The summed E-state index contributed by atoms with van der Waals surface area (Å²) in [6.07, 6.45) is -7.94. The van der Waals surface area contributed by atoms with Crippen LogP contribution >= 0.6 is 0 Å². The monoisotopic (exact) mass is 690 g/mol. The third kappa shape index (κ3) is 6.52. The van der Waals surface area contributed by atoms with Crippen LogP contribution in [0.2, 0.25) is 0 Å². The van der Waals surface area contributed by atoms with Crippen molar-refractivity contribution >= 4 is 35.8 Å². The Kier molecular flexibility index (Phi) is 10.6. The fourth-order valence-electron chi connectivity index (χ4n) is 8.09. The normalized spacial score (nSPS) is 34.7. The lowest BCUT2D eigenvalue weighted by Gasteiger charge is -2.66. The van der Waals surface area contributed by atoms with Crippen molar-refractivity contribution < 1.29 is 67.0 Å². The largest absolute Gasteiger partial charge is 0.464 e. The molecule has 0 aromatic heterocycles. The van der Waals surface area contributed by atoms with Crippen LogP contribution in [0, 0.1) is 17.3 Å². The first kappa shape index (κ1) is 37.8. The van der Waals surface area contributed by atoms with Crippen molar-refractivity contribution in [3.05, 3.63) is 35.9 Å². The number of aliphatic hydroxyl groups is 1. The van der Waals surface area contributed by atoms with Gasteiger partial charge in [-0.2, -0.15) is 0 Å². The number of ether oxygens (including phenoxy) is 7. The first-order valence-corrected chi connectivity index (χ1v) is 16.3. The van der Waals surface area contributed by atoms with Crippen molar-refractivity contribution in [1.29, 1.82) is 0 Å². The second kappa shape index (κ2) is 13.7. The predicted octanol–water partition coefficient (Wildman–Crippen LogP) is 2.85. The van der Waals surface area contributed by atoms with E-state index in [1.165, 1.54) is 19.1 Å². The van der Waals surface area contributed by atoms with E-state index in [9.17, 15) is 33.9 Å². The molecule has 49 heavy (non-hydrogen) atoms. The fourth-order valence-corrected chi connectivity index (χ4v) is 8.09. The summed E-state index contributed by atoms with van der Waals surface area (Å²) in [5.74, 6) is -6.68. The molecule has 3 aliphatic rings. The van der Waals surface area contributed by atoms with Crippen molar-refractivity contribution in [2.24, 2.45) is 17.3 Å². The molecular weight excluding hydrogens is 644 g/mol. The van der Waals surface area contributed by atoms with Gasteiger partial charge in [-0.1, -0.05) is 32.0 Å². The highest BCUT2D eigenvalue weighted by Gasteiger charge is 2.89. The first-order valence-electron chi connectivity index (χ1n) is 16.3. The van der Waals surface area contributed by atoms with Crippen LogP contribution in [0.5, 0.6) is 0 Å². The molecule has 1 aromatic carbocycles. The van der Waals surface area contributed by atoms with E-state index in [2.05, 4.69) is 0 Å². The van der Waals surface area contributed by atoms with E-state index < -0.39 is 113 Å². The zero-order valence-corrected chi connectivity index (χ0v) is 29.3. The Morgan fingerprint density at radius 2 is 1.37 bits per heavy atom. The van der Waals surface area contributed by atoms with Gasteiger partial charge in [-0.3, -0.25) is 24.0 Å². The summed E-state index contributed by atoms with van der Waals surface area (Å²) >= 11 is 0. The van der Waals surface area contributed by atoms with E-state index in [1.54, 1.807) is 45.9 Å². The molecule has 1 aliphatic heterocycles. The average Bonchev–Trinajstić information content (AvgIpc) is 3.19. The van der Waals surface area contributed by atoms with Crippen LogP contribution in [0.25, 0.3) is 0 Å². The lowest BCUT2D eigenvalue weighted by molar-refractivity contribution is -0.363. The van der Waals surface area contributed by atoms with Gasteiger partial charge in [-0.15, -0.1) is 0 Å². The van der Waals surface area contributed by atoms with E-state index in [4.69, 9.17) is 33.2 Å². The third-order valence-electron chi connectivity index (χ3n) is 9.97. The SMILES string of the molecule is CCC(C)C(=O)OC[C@]12[C@H](OC(=O)c3ccccc3)[C@@H](OC(C)=O)[C@@H]3[C@@H](OC(C)=O)[C@]1(OC3(C)C)[C@@](C)(O)C[C@H](OC(C)=O)[C@@H]2OC(C)=O. The lowest BCUT2D eigenvalue weighted by Crippen LogP contribution is -2.85. The van der Waals surface area contributed by atoms with Gasteiger partial charge in [0.05, 0.1) is 28.6 Å². The predicted molar refractivity (Wildman–Crippen MR) is 167 cm³/mol. The summed E-state index contributed by atoms with van der Waals surface area (Å²) in [6.45, 7) is 11.6. The molecule has 1 heterocycles. The van der Waals surface area contributed by atoms with E-state index >= 15 is 0 Å². The number of benzene rings is 1. The second-order valence-electron chi connectivity index (χ2n) is 13.9. The molecule has 14 nitrogen and oxygen atoms in total. The van der Waals surface area contributed by atoms with Crippen LogP contribution in [0.3, 0.4) is 0 Å². The highest BCUT2D eigenvalue weighted by molar-refractivity contribution is 5.89. The van der Waals surface area contributed by atoms with Gasteiger partial charge in [0.2, 0.25) is 0 Å². The number of hydrogen-bond donors (Lipinski definition) is 1. The quantitative estimate of drug-likeness (QED) is 0.279. The Hall–Kier alpha value is -4.04. The van der Waals surface area contributed by atoms with Crippen molar-refractivity contribution in [2.75, 3.05) is 6.61 Å². The first-order chi connectivity index (χ1) is 22.8. The van der Waals surface area contributed by atoms with Crippen molar-refractivity contribution in [1.82, 2.24) is 0 Å². The second-order valence-corrected chi connectivity index (χ2v) is 13.9. The van der Waals surface area contributed by atoms with Gasteiger partial charge in [-0.25, -0.2) is 4.79 Å². The van der Waals surface area contributed by atoms with Crippen molar-refractivity contribution in [2.45, 2.75) is 122 Å². The summed E-state index contributed by atoms with van der Waals surface area (Å²) < 4.78 is 42.7. The minimum absolute atomic E-state index is 0.0858. The van der Waals surface area contributed by atoms with Crippen LogP contribution in [0.4, 0.5) is 0 Å². The fraction of sp³-hybridized carbons (Fsp3) is 0.657. The molecule has 4 rings (SSSR count). The molecule has 2 aliphatic carbocycles. The number of rotatable bonds is 10. The number of esters is 6. The van der Waals surface area contributed by atoms with Crippen LogP contribution in [-0.4, -0.2) is 94.9 Å². The maximum Gasteiger partial charge on any atom is 0.338 e. The van der Waals surface area contributed by atoms with Gasteiger partial charge >= 0.3 is 35.8 Å². The minimum Gasteiger partial charge on any atom is -0.464 e. The van der Waals surface area contributed by atoms with Crippen molar-refractivity contribution in [3.8, 4) is 0 Å². The maximum absolute atomic E-state index is 14.0.